The van der Waals surface area contributed by atoms with Gasteiger partial charge in [-0.1, -0.05) is 58.1 Å². The fraction of sp³-hybridized carbons (Fsp3) is 0.867. The molecule has 0 spiro atoms. The highest BCUT2D eigenvalue weighted by Gasteiger charge is 2.46. The summed E-state index contributed by atoms with van der Waals surface area (Å²) in [5.41, 5.74) is 0.123. The van der Waals surface area contributed by atoms with E-state index in [0.29, 0.717) is 12.5 Å². The van der Waals surface area contributed by atoms with Gasteiger partial charge in [0.1, 0.15) is 0 Å². The van der Waals surface area contributed by atoms with E-state index < -0.39 is 0 Å². The molecule has 4 nitrogen and oxygen atoms in total. The van der Waals surface area contributed by atoms with Crippen molar-refractivity contribution in [3.8, 4) is 0 Å². The Labute approximate surface area is 137 Å². The molecule has 0 bridgehead atoms. The van der Waals surface area contributed by atoms with Crippen LogP contribution in [0, 0.1) is 17.3 Å². The van der Waals surface area contributed by atoms with Crippen molar-refractivity contribution in [2.45, 2.75) is 47.1 Å². The highest BCUT2D eigenvalue weighted by Crippen LogP contribution is 2.46. The molecule has 3 atom stereocenters. The van der Waals surface area contributed by atoms with E-state index >= 15 is 0 Å². The Bertz CT molecular complexity index is 375. The summed E-state index contributed by atoms with van der Waals surface area (Å²) in [4.78, 5) is 23.6. The lowest BCUT2D eigenvalue weighted by Crippen LogP contribution is -2.46. The molecule has 1 rings (SSSR count). The molecule has 6 heteroatoms. The van der Waals surface area contributed by atoms with Gasteiger partial charge in [0.2, 0.25) is 0 Å². The number of rotatable bonds is 5. The van der Waals surface area contributed by atoms with E-state index in [1.54, 1.807) is 0 Å². The van der Waals surface area contributed by atoms with Crippen molar-refractivity contribution < 1.29 is 9.59 Å². The monoisotopic (exact) mass is 332 g/mol. The lowest BCUT2D eigenvalue weighted by atomic mass is 9.80. The summed E-state index contributed by atoms with van der Waals surface area (Å²) < 4.78 is 0. The SMILES string of the molecule is CCSC(=O)NCC1C(NC(=O)SCC)C(C)CC1(C)C. The summed E-state index contributed by atoms with van der Waals surface area (Å²) in [6.45, 7) is 11.2. The largest absolute Gasteiger partial charge is 0.347 e. The molecule has 1 aliphatic rings. The molecule has 2 N–H and O–H groups in total. The van der Waals surface area contributed by atoms with Crippen LogP contribution in [0.5, 0.6) is 0 Å². The summed E-state index contributed by atoms with van der Waals surface area (Å²) in [7, 11) is 0. The van der Waals surface area contributed by atoms with Crippen LogP contribution in [-0.2, 0) is 0 Å². The first-order valence-electron chi connectivity index (χ1n) is 7.65. The van der Waals surface area contributed by atoms with Crippen LogP contribution in [-0.4, -0.2) is 34.6 Å². The normalized spacial score (nSPS) is 27.4. The van der Waals surface area contributed by atoms with Crippen LogP contribution in [0.15, 0.2) is 0 Å². The fourth-order valence-corrected chi connectivity index (χ4v) is 4.25. The highest BCUT2D eigenvalue weighted by atomic mass is 32.2. The van der Waals surface area contributed by atoms with Crippen LogP contribution in [0.25, 0.3) is 0 Å². The minimum atomic E-state index is 0.0286. The zero-order chi connectivity index (χ0) is 16.0. The molecule has 0 aromatic rings. The van der Waals surface area contributed by atoms with E-state index in [1.165, 1.54) is 23.5 Å². The summed E-state index contributed by atoms with van der Waals surface area (Å²) >= 11 is 2.61. The summed E-state index contributed by atoms with van der Waals surface area (Å²) in [6, 6.07) is 0.137. The Morgan fingerprint density at radius 2 is 1.71 bits per heavy atom. The molecular formula is C15H28N2O2S2. The average molecular weight is 333 g/mol. The third-order valence-corrected chi connectivity index (χ3v) is 5.56. The van der Waals surface area contributed by atoms with Gasteiger partial charge in [0.25, 0.3) is 10.5 Å². The van der Waals surface area contributed by atoms with Gasteiger partial charge >= 0.3 is 0 Å². The maximum absolute atomic E-state index is 11.9. The minimum absolute atomic E-state index is 0.0286. The number of carbonyl (C=O) groups is 2. The van der Waals surface area contributed by atoms with Gasteiger partial charge in [-0.2, -0.15) is 0 Å². The first-order valence-corrected chi connectivity index (χ1v) is 9.62. The number of amides is 2. The molecule has 0 radical (unpaired) electrons. The first kappa shape index (κ1) is 18.7. The van der Waals surface area contributed by atoms with Crippen LogP contribution in [0.2, 0.25) is 0 Å². The second kappa shape index (κ2) is 8.32. The summed E-state index contributed by atoms with van der Waals surface area (Å²) in [5, 5.41) is 6.24. The average Bonchev–Trinajstić information content (AvgIpc) is 2.57. The van der Waals surface area contributed by atoms with Gasteiger partial charge in [-0.3, -0.25) is 9.59 Å². The second-order valence-electron chi connectivity index (χ2n) is 6.27. The Balaban J connectivity index is 2.69. The fourth-order valence-electron chi connectivity index (χ4n) is 3.32. The van der Waals surface area contributed by atoms with Crippen LogP contribution >= 0.6 is 23.5 Å². The molecule has 0 aromatic carbocycles. The zero-order valence-electron chi connectivity index (χ0n) is 13.7. The van der Waals surface area contributed by atoms with Crippen molar-refractivity contribution in [1.29, 1.82) is 0 Å². The van der Waals surface area contributed by atoms with Crippen molar-refractivity contribution in [3.63, 3.8) is 0 Å². The molecule has 0 saturated heterocycles. The molecule has 2 amide bonds. The van der Waals surface area contributed by atoms with Gasteiger partial charge in [-0.15, -0.1) is 0 Å². The van der Waals surface area contributed by atoms with Crippen LogP contribution in [0.3, 0.4) is 0 Å². The maximum atomic E-state index is 11.9. The molecule has 1 fully saturated rings. The smallest absolute Gasteiger partial charge is 0.279 e. The van der Waals surface area contributed by atoms with Gasteiger partial charge in [0.15, 0.2) is 0 Å². The molecule has 122 valence electrons. The Morgan fingerprint density at radius 3 is 2.29 bits per heavy atom. The maximum Gasteiger partial charge on any atom is 0.279 e. The van der Waals surface area contributed by atoms with Crippen LogP contribution < -0.4 is 10.6 Å². The van der Waals surface area contributed by atoms with E-state index in [0.717, 1.165) is 17.9 Å². The third-order valence-electron chi connectivity index (χ3n) is 4.20. The lowest BCUT2D eigenvalue weighted by molar-refractivity contribution is 0.217. The van der Waals surface area contributed by atoms with E-state index in [1.807, 2.05) is 13.8 Å². The molecule has 1 aliphatic carbocycles. The predicted molar refractivity (Wildman–Crippen MR) is 93.0 cm³/mol. The van der Waals surface area contributed by atoms with Gasteiger partial charge in [-0.05, 0) is 29.3 Å². The van der Waals surface area contributed by atoms with E-state index in [4.69, 9.17) is 0 Å². The molecule has 0 aliphatic heterocycles. The Hall–Kier alpha value is -0.360. The molecule has 0 aromatic heterocycles. The van der Waals surface area contributed by atoms with Crippen molar-refractivity contribution in [2.24, 2.45) is 17.3 Å². The van der Waals surface area contributed by atoms with E-state index in [9.17, 15) is 9.59 Å². The van der Waals surface area contributed by atoms with Gasteiger partial charge in [-0.25, -0.2) is 0 Å². The van der Waals surface area contributed by atoms with E-state index in [2.05, 4.69) is 31.4 Å². The lowest BCUT2D eigenvalue weighted by Gasteiger charge is -2.31. The number of carbonyl (C=O) groups excluding carboxylic acids is 2. The standard InChI is InChI=1S/C15H28N2O2S2/c1-6-20-13(18)16-9-11-12(17-14(19)21-7-2)10(3)8-15(11,4)5/h10-12H,6-9H2,1-5H3,(H,16,18)(H,17,19). The summed E-state index contributed by atoms with van der Waals surface area (Å²) in [5.74, 6) is 2.27. The second-order valence-corrected chi connectivity index (χ2v) is 8.74. The van der Waals surface area contributed by atoms with Gasteiger partial charge < -0.3 is 10.6 Å². The number of thioether (sulfide) groups is 2. The number of hydrogen-bond donors (Lipinski definition) is 2. The Kier molecular flexibility index (Phi) is 7.40. The van der Waals surface area contributed by atoms with Crippen molar-refractivity contribution >= 4 is 34.0 Å². The van der Waals surface area contributed by atoms with E-state index in [-0.39, 0.29) is 27.9 Å². The zero-order valence-corrected chi connectivity index (χ0v) is 15.3. The molecule has 1 saturated carbocycles. The van der Waals surface area contributed by atoms with Crippen LogP contribution in [0.4, 0.5) is 9.59 Å². The molecular weight excluding hydrogens is 304 g/mol. The first-order chi connectivity index (χ1) is 9.81. The van der Waals surface area contributed by atoms with Crippen molar-refractivity contribution in [3.05, 3.63) is 0 Å². The topological polar surface area (TPSA) is 58.2 Å². The Morgan fingerprint density at radius 1 is 1.14 bits per heavy atom. The van der Waals surface area contributed by atoms with Crippen molar-refractivity contribution in [1.82, 2.24) is 10.6 Å². The minimum Gasteiger partial charge on any atom is -0.347 e. The predicted octanol–water partition coefficient (Wildman–Crippen LogP) is 3.96. The quantitative estimate of drug-likeness (QED) is 0.800. The summed E-state index contributed by atoms with van der Waals surface area (Å²) in [6.07, 6.45) is 1.07. The molecule has 3 unspecified atom stereocenters. The van der Waals surface area contributed by atoms with Crippen molar-refractivity contribution in [2.75, 3.05) is 18.1 Å². The van der Waals surface area contributed by atoms with Gasteiger partial charge in [0.05, 0.1) is 0 Å². The number of hydrogen-bond acceptors (Lipinski definition) is 4. The van der Waals surface area contributed by atoms with Gasteiger partial charge in [0, 0.05) is 18.5 Å². The molecule has 0 heterocycles. The highest BCUT2D eigenvalue weighted by molar-refractivity contribution is 8.13. The third kappa shape index (κ3) is 5.40. The molecule has 21 heavy (non-hydrogen) atoms. The number of nitrogens with one attached hydrogen (secondary N) is 2. The van der Waals surface area contributed by atoms with Crippen LogP contribution in [0.1, 0.15) is 41.0 Å².